The molecule has 0 atom stereocenters. The SMILES string of the molecule is Cc1sc(C(=O)N(C)CC2CC(O)C2)cc1N. The van der Waals surface area contributed by atoms with E-state index in [9.17, 15) is 9.90 Å². The third-order valence-corrected chi connectivity index (χ3v) is 4.31. The van der Waals surface area contributed by atoms with Crippen LogP contribution in [-0.2, 0) is 0 Å². The molecule has 94 valence electrons. The highest BCUT2D eigenvalue weighted by Gasteiger charge is 2.29. The second-order valence-electron chi connectivity index (χ2n) is 4.80. The Hall–Kier alpha value is -1.07. The van der Waals surface area contributed by atoms with Crippen molar-refractivity contribution in [3.05, 3.63) is 15.8 Å². The Morgan fingerprint density at radius 2 is 2.29 bits per heavy atom. The number of thiophene rings is 1. The molecule has 1 heterocycles. The number of carbonyl (C=O) groups is 1. The molecule has 1 aromatic heterocycles. The van der Waals surface area contributed by atoms with Gasteiger partial charge >= 0.3 is 0 Å². The molecule has 0 spiro atoms. The number of nitrogen functional groups attached to an aromatic ring is 1. The number of nitrogens with zero attached hydrogens (tertiary/aromatic N) is 1. The Labute approximate surface area is 105 Å². The molecule has 1 aromatic rings. The van der Waals surface area contributed by atoms with Gasteiger partial charge in [0.25, 0.3) is 5.91 Å². The number of aliphatic hydroxyl groups is 1. The van der Waals surface area contributed by atoms with Crippen molar-refractivity contribution in [3.63, 3.8) is 0 Å². The normalized spacial score (nSPS) is 23.2. The van der Waals surface area contributed by atoms with E-state index in [4.69, 9.17) is 5.73 Å². The molecule has 3 N–H and O–H groups in total. The summed E-state index contributed by atoms with van der Waals surface area (Å²) in [6.45, 7) is 2.63. The van der Waals surface area contributed by atoms with Crippen LogP contribution in [-0.4, -0.2) is 35.6 Å². The third kappa shape index (κ3) is 2.61. The van der Waals surface area contributed by atoms with Gasteiger partial charge in [-0.3, -0.25) is 4.79 Å². The molecule has 0 unspecified atom stereocenters. The van der Waals surface area contributed by atoms with Gasteiger partial charge in [-0.1, -0.05) is 0 Å². The molecule has 0 saturated heterocycles. The van der Waals surface area contributed by atoms with Crippen molar-refractivity contribution in [1.29, 1.82) is 0 Å². The first-order valence-corrected chi connectivity index (χ1v) is 6.58. The smallest absolute Gasteiger partial charge is 0.263 e. The van der Waals surface area contributed by atoms with E-state index in [0.717, 1.165) is 17.7 Å². The summed E-state index contributed by atoms with van der Waals surface area (Å²) in [4.78, 5) is 15.5. The number of rotatable bonds is 3. The third-order valence-electron chi connectivity index (χ3n) is 3.26. The lowest BCUT2D eigenvalue weighted by atomic mass is 9.82. The first-order chi connectivity index (χ1) is 7.97. The zero-order valence-electron chi connectivity index (χ0n) is 10.1. The summed E-state index contributed by atoms with van der Waals surface area (Å²) < 4.78 is 0. The monoisotopic (exact) mass is 254 g/mol. The highest BCUT2D eigenvalue weighted by molar-refractivity contribution is 7.14. The summed E-state index contributed by atoms with van der Waals surface area (Å²) in [5, 5.41) is 9.21. The summed E-state index contributed by atoms with van der Waals surface area (Å²) in [5.74, 6) is 0.466. The Morgan fingerprint density at radius 3 is 2.76 bits per heavy atom. The van der Waals surface area contributed by atoms with Crippen LogP contribution in [0.3, 0.4) is 0 Å². The van der Waals surface area contributed by atoms with Crippen LogP contribution in [0.4, 0.5) is 5.69 Å². The minimum atomic E-state index is -0.164. The van der Waals surface area contributed by atoms with Crippen LogP contribution < -0.4 is 5.73 Å². The van der Waals surface area contributed by atoms with Crippen LogP contribution in [0.1, 0.15) is 27.4 Å². The van der Waals surface area contributed by atoms with E-state index in [2.05, 4.69) is 0 Å². The van der Waals surface area contributed by atoms with Gasteiger partial charge in [-0.2, -0.15) is 0 Å². The van der Waals surface area contributed by atoms with Crippen LogP contribution in [0.5, 0.6) is 0 Å². The van der Waals surface area contributed by atoms with Crippen LogP contribution in [0.25, 0.3) is 0 Å². The molecule has 1 amide bonds. The average Bonchev–Trinajstić information content (AvgIpc) is 2.56. The van der Waals surface area contributed by atoms with Crippen molar-refractivity contribution < 1.29 is 9.90 Å². The number of anilines is 1. The summed E-state index contributed by atoms with van der Waals surface area (Å²) >= 11 is 1.44. The number of aryl methyl sites for hydroxylation is 1. The first-order valence-electron chi connectivity index (χ1n) is 5.76. The minimum absolute atomic E-state index is 0.0242. The van der Waals surface area contributed by atoms with Crippen LogP contribution >= 0.6 is 11.3 Å². The van der Waals surface area contributed by atoms with Gasteiger partial charge in [0.05, 0.1) is 11.0 Å². The molecule has 0 aromatic carbocycles. The number of amides is 1. The molecule has 2 rings (SSSR count). The minimum Gasteiger partial charge on any atom is -0.398 e. The quantitative estimate of drug-likeness (QED) is 0.858. The molecule has 1 aliphatic rings. The number of carbonyl (C=O) groups excluding carboxylic acids is 1. The highest BCUT2D eigenvalue weighted by Crippen LogP contribution is 2.29. The van der Waals surface area contributed by atoms with E-state index < -0.39 is 0 Å². The maximum Gasteiger partial charge on any atom is 0.263 e. The summed E-state index contributed by atoms with van der Waals surface area (Å²) in [6, 6.07) is 1.74. The fourth-order valence-electron chi connectivity index (χ4n) is 2.11. The zero-order chi connectivity index (χ0) is 12.6. The molecule has 0 aliphatic heterocycles. The Kier molecular flexibility index (Phi) is 3.40. The van der Waals surface area contributed by atoms with Crippen LogP contribution in [0.2, 0.25) is 0 Å². The second kappa shape index (κ2) is 4.66. The van der Waals surface area contributed by atoms with Crippen LogP contribution in [0, 0.1) is 12.8 Å². The second-order valence-corrected chi connectivity index (χ2v) is 6.06. The lowest BCUT2D eigenvalue weighted by Crippen LogP contribution is -2.39. The number of hydrogen-bond donors (Lipinski definition) is 2. The van der Waals surface area contributed by atoms with Gasteiger partial charge in [0.1, 0.15) is 0 Å². The van der Waals surface area contributed by atoms with E-state index in [1.165, 1.54) is 11.3 Å². The first kappa shape index (κ1) is 12.4. The van der Waals surface area contributed by atoms with Crippen molar-refractivity contribution in [3.8, 4) is 0 Å². The van der Waals surface area contributed by atoms with E-state index in [1.807, 2.05) is 6.92 Å². The number of nitrogens with two attached hydrogens (primary N) is 1. The maximum atomic E-state index is 12.1. The Morgan fingerprint density at radius 1 is 1.65 bits per heavy atom. The molecule has 5 heteroatoms. The van der Waals surface area contributed by atoms with Gasteiger partial charge in [-0.05, 0) is 31.7 Å². The van der Waals surface area contributed by atoms with Crippen molar-refractivity contribution in [2.75, 3.05) is 19.3 Å². The topological polar surface area (TPSA) is 66.6 Å². The summed E-state index contributed by atoms with van der Waals surface area (Å²) in [6.07, 6.45) is 1.45. The summed E-state index contributed by atoms with van der Waals surface area (Å²) in [7, 11) is 1.80. The molecular formula is C12H18N2O2S. The largest absolute Gasteiger partial charge is 0.398 e. The molecule has 0 bridgehead atoms. The Balaban J connectivity index is 1.95. The number of hydrogen-bond acceptors (Lipinski definition) is 4. The molecule has 1 saturated carbocycles. The van der Waals surface area contributed by atoms with Gasteiger partial charge in [0, 0.05) is 24.2 Å². The average molecular weight is 254 g/mol. The zero-order valence-corrected chi connectivity index (χ0v) is 11.0. The van der Waals surface area contributed by atoms with E-state index >= 15 is 0 Å². The molecule has 1 aliphatic carbocycles. The lowest BCUT2D eigenvalue weighted by molar-refractivity contribution is 0.0266. The predicted octanol–water partition coefficient (Wildman–Crippen LogP) is 1.48. The molecule has 4 nitrogen and oxygen atoms in total. The van der Waals surface area contributed by atoms with Gasteiger partial charge in [0.2, 0.25) is 0 Å². The standard InChI is InChI=1S/C12H18N2O2S/c1-7-10(13)5-11(17-7)12(16)14(2)6-8-3-9(15)4-8/h5,8-9,15H,3-4,6,13H2,1-2H3. The predicted molar refractivity (Wildman–Crippen MR) is 69.2 cm³/mol. The molecule has 0 radical (unpaired) electrons. The van der Waals surface area contributed by atoms with Gasteiger partial charge < -0.3 is 15.7 Å². The van der Waals surface area contributed by atoms with Gasteiger partial charge in [-0.15, -0.1) is 11.3 Å². The van der Waals surface area contributed by atoms with Crippen LogP contribution in [0.15, 0.2) is 6.07 Å². The fraction of sp³-hybridized carbons (Fsp3) is 0.583. The van der Waals surface area contributed by atoms with Gasteiger partial charge in [0.15, 0.2) is 0 Å². The van der Waals surface area contributed by atoms with Gasteiger partial charge in [-0.25, -0.2) is 0 Å². The molecule has 17 heavy (non-hydrogen) atoms. The lowest BCUT2D eigenvalue weighted by Gasteiger charge is -2.34. The summed E-state index contributed by atoms with van der Waals surface area (Å²) in [5.41, 5.74) is 6.43. The fourth-order valence-corrected chi connectivity index (χ4v) is 3.05. The molecular weight excluding hydrogens is 236 g/mol. The van der Waals surface area contributed by atoms with E-state index in [0.29, 0.717) is 23.0 Å². The molecule has 1 fully saturated rings. The van der Waals surface area contributed by atoms with Crippen molar-refractivity contribution in [2.24, 2.45) is 5.92 Å². The van der Waals surface area contributed by atoms with E-state index in [-0.39, 0.29) is 12.0 Å². The highest BCUT2D eigenvalue weighted by atomic mass is 32.1. The maximum absolute atomic E-state index is 12.1. The van der Waals surface area contributed by atoms with E-state index in [1.54, 1.807) is 18.0 Å². The van der Waals surface area contributed by atoms with Crippen molar-refractivity contribution in [1.82, 2.24) is 4.90 Å². The Bertz CT molecular complexity index is 405. The van der Waals surface area contributed by atoms with Crippen molar-refractivity contribution in [2.45, 2.75) is 25.9 Å². The number of aliphatic hydroxyl groups excluding tert-OH is 1. The van der Waals surface area contributed by atoms with Crippen molar-refractivity contribution >= 4 is 22.9 Å².